The number of hydrogen-bond donors (Lipinski definition) is 3. The van der Waals surface area contributed by atoms with Gasteiger partial charge in [0.05, 0.1) is 0 Å². The topological polar surface area (TPSA) is 86.6 Å². The Balaban J connectivity index is 0.000000885. The summed E-state index contributed by atoms with van der Waals surface area (Å²) in [5.41, 5.74) is 3.36. The second kappa shape index (κ2) is 11.9. The average Bonchev–Trinajstić information content (AvgIpc) is 2.46. The minimum absolute atomic E-state index is 0.459. The van der Waals surface area contributed by atoms with E-state index in [1.807, 2.05) is 12.1 Å². The molecular formula is C16H25NO4. The molecule has 0 saturated carbocycles. The molecule has 0 heterocycles. The molecule has 1 amide bonds. The molecule has 0 fully saturated rings. The van der Waals surface area contributed by atoms with Crippen LogP contribution in [0.15, 0.2) is 24.3 Å². The van der Waals surface area contributed by atoms with Gasteiger partial charge in [-0.2, -0.15) is 0 Å². The fourth-order valence-electron chi connectivity index (χ4n) is 1.82. The van der Waals surface area contributed by atoms with Crippen molar-refractivity contribution in [1.82, 2.24) is 5.48 Å². The Labute approximate surface area is 126 Å². The van der Waals surface area contributed by atoms with Gasteiger partial charge in [0.15, 0.2) is 0 Å². The molecule has 5 heteroatoms. The second-order valence-corrected chi connectivity index (χ2v) is 4.82. The van der Waals surface area contributed by atoms with Crippen LogP contribution in [-0.2, 0) is 11.2 Å². The van der Waals surface area contributed by atoms with E-state index in [1.165, 1.54) is 37.7 Å². The van der Waals surface area contributed by atoms with Crippen LogP contribution in [0, 0.1) is 0 Å². The van der Waals surface area contributed by atoms with E-state index in [-0.39, 0.29) is 0 Å². The highest BCUT2D eigenvalue weighted by Crippen LogP contribution is 2.10. The van der Waals surface area contributed by atoms with Crippen LogP contribution < -0.4 is 5.48 Å². The number of amides is 1. The van der Waals surface area contributed by atoms with Gasteiger partial charge < -0.3 is 5.11 Å². The fraction of sp³-hybridized carbons (Fsp3) is 0.500. The molecule has 0 unspecified atom stereocenters. The van der Waals surface area contributed by atoms with Gasteiger partial charge in [0.2, 0.25) is 0 Å². The van der Waals surface area contributed by atoms with Crippen molar-refractivity contribution in [2.75, 3.05) is 0 Å². The van der Waals surface area contributed by atoms with Gasteiger partial charge in [0.25, 0.3) is 11.9 Å². The minimum Gasteiger partial charge on any atom is -0.481 e. The van der Waals surface area contributed by atoms with E-state index in [1.54, 1.807) is 17.6 Å². The quantitative estimate of drug-likeness (QED) is 0.409. The minimum atomic E-state index is -0.833. The first-order chi connectivity index (χ1) is 10.0. The fourth-order valence-corrected chi connectivity index (χ4v) is 1.82. The highest BCUT2D eigenvalue weighted by molar-refractivity contribution is 5.93. The number of benzene rings is 1. The molecule has 118 valence electrons. The van der Waals surface area contributed by atoms with Gasteiger partial charge in [0.1, 0.15) is 0 Å². The number of hydrogen-bond acceptors (Lipinski definition) is 3. The number of aryl methyl sites for hydroxylation is 1. The van der Waals surface area contributed by atoms with Crippen LogP contribution in [0.5, 0.6) is 0 Å². The van der Waals surface area contributed by atoms with Crippen molar-refractivity contribution in [2.45, 2.75) is 52.4 Å². The Morgan fingerprint density at radius 2 is 1.57 bits per heavy atom. The number of carboxylic acid groups (broad SMARTS) is 1. The molecular weight excluding hydrogens is 270 g/mol. The van der Waals surface area contributed by atoms with Crippen molar-refractivity contribution in [3.05, 3.63) is 35.4 Å². The molecule has 21 heavy (non-hydrogen) atoms. The zero-order valence-corrected chi connectivity index (χ0v) is 12.8. The summed E-state index contributed by atoms with van der Waals surface area (Å²) in [5.74, 6) is -1.29. The highest BCUT2D eigenvalue weighted by atomic mass is 16.5. The molecule has 0 saturated heterocycles. The average molecular weight is 295 g/mol. The summed E-state index contributed by atoms with van der Waals surface area (Å²) in [6, 6.07) is 7.38. The molecule has 0 aromatic heterocycles. The van der Waals surface area contributed by atoms with Crippen LogP contribution in [0.4, 0.5) is 0 Å². The summed E-state index contributed by atoms with van der Waals surface area (Å²) in [7, 11) is 0. The predicted molar refractivity (Wildman–Crippen MR) is 81.5 cm³/mol. The maximum absolute atomic E-state index is 11.1. The number of carboxylic acids is 1. The first-order valence-corrected chi connectivity index (χ1v) is 7.24. The van der Waals surface area contributed by atoms with Crippen molar-refractivity contribution in [1.29, 1.82) is 0 Å². The number of aliphatic carboxylic acids is 1. The number of hydroxylamine groups is 1. The molecule has 0 aliphatic carbocycles. The summed E-state index contributed by atoms with van der Waals surface area (Å²) in [6.07, 6.45) is 7.42. The van der Waals surface area contributed by atoms with Crippen LogP contribution in [-0.4, -0.2) is 22.2 Å². The maximum atomic E-state index is 11.1. The lowest BCUT2D eigenvalue weighted by Gasteiger charge is -2.03. The largest absolute Gasteiger partial charge is 0.481 e. The van der Waals surface area contributed by atoms with Crippen LogP contribution in [0.25, 0.3) is 0 Å². The second-order valence-electron chi connectivity index (χ2n) is 4.82. The van der Waals surface area contributed by atoms with Gasteiger partial charge in [-0.15, -0.1) is 0 Å². The Kier molecular flexibility index (Phi) is 10.8. The normalized spacial score (nSPS) is 9.48. The number of rotatable bonds is 7. The van der Waals surface area contributed by atoms with Crippen LogP contribution >= 0.6 is 0 Å². The summed E-state index contributed by atoms with van der Waals surface area (Å²) in [5, 5.41) is 15.9. The maximum Gasteiger partial charge on any atom is 0.300 e. The van der Waals surface area contributed by atoms with Crippen molar-refractivity contribution in [3.8, 4) is 0 Å². The number of unbranched alkanes of at least 4 members (excludes halogenated alkanes) is 4. The lowest BCUT2D eigenvalue weighted by atomic mass is 10.0. The third-order valence-corrected chi connectivity index (χ3v) is 2.89. The Hall–Kier alpha value is -1.88. The standard InChI is InChI=1S/C14H21NO2.C2H4O2/c1-2-3-4-5-6-7-12-8-10-13(11-9-12)14(16)15-17;1-2(3)4/h8-11,17H,2-7H2,1H3,(H,15,16);1H3,(H,3,4). The molecule has 0 radical (unpaired) electrons. The van der Waals surface area contributed by atoms with Gasteiger partial charge >= 0.3 is 0 Å². The zero-order valence-electron chi connectivity index (χ0n) is 12.8. The number of carbonyl (C=O) groups excluding carboxylic acids is 1. The molecule has 0 aliphatic rings. The molecule has 5 nitrogen and oxygen atoms in total. The zero-order chi connectivity index (χ0) is 16.1. The van der Waals surface area contributed by atoms with Crippen LogP contribution in [0.2, 0.25) is 0 Å². The molecule has 0 aliphatic heterocycles. The first-order valence-electron chi connectivity index (χ1n) is 7.24. The van der Waals surface area contributed by atoms with Gasteiger partial charge in [-0.05, 0) is 30.5 Å². The third kappa shape index (κ3) is 10.6. The SMILES string of the molecule is CC(=O)O.CCCCCCCc1ccc(C(=O)NO)cc1. The van der Waals surface area contributed by atoms with E-state index >= 15 is 0 Å². The molecule has 0 spiro atoms. The van der Waals surface area contributed by atoms with E-state index < -0.39 is 11.9 Å². The molecule has 3 N–H and O–H groups in total. The summed E-state index contributed by atoms with van der Waals surface area (Å²) in [6.45, 7) is 3.30. The highest BCUT2D eigenvalue weighted by Gasteiger charge is 2.02. The van der Waals surface area contributed by atoms with Gasteiger partial charge in [-0.25, -0.2) is 5.48 Å². The number of carbonyl (C=O) groups is 2. The van der Waals surface area contributed by atoms with E-state index in [2.05, 4.69) is 6.92 Å². The Bertz CT molecular complexity index is 411. The lowest BCUT2D eigenvalue weighted by molar-refractivity contribution is -0.134. The van der Waals surface area contributed by atoms with Crippen molar-refractivity contribution in [3.63, 3.8) is 0 Å². The van der Waals surface area contributed by atoms with Gasteiger partial charge in [-0.3, -0.25) is 14.8 Å². The third-order valence-electron chi connectivity index (χ3n) is 2.89. The number of nitrogens with one attached hydrogen (secondary N) is 1. The summed E-state index contributed by atoms with van der Waals surface area (Å²) < 4.78 is 0. The van der Waals surface area contributed by atoms with E-state index in [0.29, 0.717) is 5.56 Å². The summed E-state index contributed by atoms with van der Waals surface area (Å²) in [4.78, 5) is 20.1. The van der Waals surface area contributed by atoms with E-state index in [9.17, 15) is 4.79 Å². The van der Waals surface area contributed by atoms with Gasteiger partial charge in [0, 0.05) is 12.5 Å². The first kappa shape index (κ1) is 19.1. The molecule has 0 bridgehead atoms. The monoisotopic (exact) mass is 295 g/mol. The molecule has 1 aromatic rings. The Morgan fingerprint density at radius 3 is 2.05 bits per heavy atom. The van der Waals surface area contributed by atoms with Crippen molar-refractivity contribution >= 4 is 11.9 Å². The molecule has 1 rings (SSSR count). The van der Waals surface area contributed by atoms with Gasteiger partial charge in [-0.1, -0.05) is 44.7 Å². The molecule has 0 atom stereocenters. The Morgan fingerprint density at radius 1 is 1.05 bits per heavy atom. The van der Waals surface area contributed by atoms with E-state index in [4.69, 9.17) is 15.1 Å². The van der Waals surface area contributed by atoms with Crippen molar-refractivity contribution in [2.24, 2.45) is 0 Å². The van der Waals surface area contributed by atoms with Crippen molar-refractivity contribution < 1.29 is 19.9 Å². The smallest absolute Gasteiger partial charge is 0.300 e. The van der Waals surface area contributed by atoms with Crippen LogP contribution in [0.3, 0.4) is 0 Å². The summed E-state index contributed by atoms with van der Waals surface area (Å²) >= 11 is 0. The predicted octanol–water partition coefficient (Wildman–Crippen LogP) is 3.41. The van der Waals surface area contributed by atoms with E-state index in [0.717, 1.165) is 13.3 Å². The lowest BCUT2D eigenvalue weighted by Crippen LogP contribution is -2.18. The molecule has 1 aromatic carbocycles. The van der Waals surface area contributed by atoms with Crippen LogP contribution in [0.1, 0.15) is 61.9 Å².